The van der Waals surface area contributed by atoms with Gasteiger partial charge in [-0.2, -0.15) is 0 Å². The van der Waals surface area contributed by atoms with Gasteiger partial charge in [0.25, 0.3) is 5.91 Å². The van der Waals surface area contributed by atoms with Crippen LogP contribution in [0.15, 0.2) is 107 Å². The molecule has 4 aromatic carbocycles. The van der Waals surface area contributed by atoms with Gasteiger partial charge < -0.3 is 27.6 Å². The van der Waals surface area contributed by atoms with Crippen LogP contribution in [0.4, 0.5) is 23.0 Å². The summed E-state index contributed by atoms with van der Waals surface area (Å²) in [4.78, 5) is 40.4. The Morgan fingerprint density at radius 1 is 0.649 bits per heavy atom. The molecule has 0 radical (unpaired) electrons. The average Bonchev–Trinajstić information content (AvgIpc) is 3.65. The number of nitrogen functional groups attached to an aromatic ring is 3. The summed E-state index contributed by atoms with van der Waals surface area (Å²) in [6, 6.07) is 24.6. The Labute approximate surface area is 327 Å². The van der Waals surface area contributed by atoms with Crippen LogP contribution in [0.1, 0.15) is 43.2 Å². The number of benzene rings is 4. The van der Waals surface area contributed by atoms with E-state index in [1.165, 1.54) is 30.6 Å². The van der Waals surface area contributed by atoms with E-state index in [9.17, 15) is 26.4 Å². The maximum absolute atomic E-state index is 12.7. The Hall–Kier alpha value is -6.80. The Balaban J connectivity index is 0.000000160. The molecule has 2 aromatic heterocycles. The first-order chi connectivity index (χ1) is 27.0. The number of hydrogen-bond acceptors (Lipinski definition) is 13. The van der Waals surface area contributed by atoms with Gasteiger partial charge in [0.1, 0.15) is 0 Å². The Morgan fingerprint density at radius 2 is 1.11 bits per heavy atom. The second kappa shape index (κ2) is 16.1. The minimum Gasteiger partial charge on any atom is -0.476 e. The highest BCUT2D eigenvalue weighted by molar-refractivity contribution is 7.90. The van der Waals surface area contributed by atoms with Gasteiger partial charge >= 0.3 is 5.97 Å². The van der Waals surface area contributed by atoms with Gasteiger partial charge in [0.2, 0.25) is 20.0 Å². The normalized spacial score (nSPS) is 14.1. The van der Waals surface area contributed by atoms with Gasteiger partial charge in [0.15, 0.2) is 23.0 Å². The molecule has 4 heterocycles. The molecule has 0 saturated heterocycles. The highest BCUT2D eigenvalue weighted by atomic mass is 32.2. The first kappa shape index (κ1) is 39.9. The molecule has 8 rings (SSSR count). The molecule has 2 aliphatic heterocycles. The van der Waals surface area contributed by atoms with E-state index < -0.39 is 31.9 Å². The maximum atomic E-state index is 12.7. The summed E-state index contributed by atoms with van der Waals surface area (Å²) in [5, 5.41) is 11.6. The topological polar surface area (TPSA) is 288 Å². The molecule has 0 bridgehead atoms. The molecular formula is C38H36N10O7S2. The molecule has 2 aliphatic rings. The second-order valence-electron chi connectivity index (χ2n) is 12.8. The third-order valence-electron chi connectivity index (χ3n) is 8.60. The van der Waals surface area contributed by atoms with Crippen LogP contribution in [0.5, 0.6) is 0 Å². The van der Waals surface area contributed by atoms with Crippen LogP contribution >= 0.6 is 0 Å². The number of sulfonamides is 2. The molecule has 6 aromatic rings. The predicted octanol–water partition coefficient (Wildman–Crippen LogP) is 3.87. The molecule has 292 valence electrons. The number of carbonyl (C=O) groups is 2. The van der Waals surface area contributed by atoms with E-state index >= 15 is 0 Å². The number of aromatic nitrogens is 4. The minimum atomic E-state index is -3.45. The Bertz CT molecular complexity index is 2750. The van der Waals surface area contributed by atoms with Crippen molar-refractivity contribution in [3.63, 3.8) is 0 Å². The number of carbonyl (C=O) groups excluding carboxylic acids is 1. The number of hydrogen-bond donors (Lipinski definition) is 7. The number of nitrogens with one attached hydrogen (secondary N) is 3. The van der Waals surface area contributed by atoms with Gasteiger partial charge in [0.05, 0.1) is 33.6 Å². The summed E-state index contributed by atoms with van der Waals surface area (Å²) in [6.07, 6.45) is 2.98. The molecule has 0 spiro atoms. The second-order valence-corrected chi connectivity index (χ2v) is 16.3. The van der Waals surface area contributed by atoms with Crippen LogP contribution in [0.25, 0.3) is 22.5 Å². The molecule has 19 heteroatoms. The summed E-state index contributed by atoms with van der Waals surface area (Å²) < 4.78 is 50.9. The number of nitrogens with zero attached hydrogens (tertiary/aromatic N) is 4. The zero-order valence-electron chi connectivity index (χ0n) is 30.4. The molecule has 0 saturated carbocycles. The number of aromatic carboxylic acids is 1. The highest BCUT2D eigenvalue weighted by Gasteiger charge is 2.26. The van der Waals surface area contributed by atoms with Crippen molar-refractivity contribution in [2.24, 2.45) is 0 Å². The molecule has 0 atom stereocenters. The fraction of sp³-hybridized carbons (Fsp3) is 0.105. The Morgan fingerprint density at radius 3 is 1.61 bits per heavy atom. The van der Waals surface area contributed by atoms with E-state index in [0.717, 1.165) is 27.8 Å². The maximum Gasteiger partial charge on any atom is 0.358 e. The van der Waals surface area contributed by atoms with Crippen molar-refractivity contribution in [1.82, 2.24) is 29.4 Å². The summed E-state index contributed by atoms with van der Waals surface area (Å²) in [5.41, 5.74) is 23.8. The molecule has 0 unspecified atom stereocenters. The van der Waals surface area contributed by atoms with Crippen LogP contribution in [-0.4, -0.2) is 53.8 Å². The van der Waals surface area contributed by atoms with Gasteiger partial charge in [-0.1, -0.05) is 59.7 Å². The monoisotopic (exact) mass is 808 g/mol. The third kappa shape index (κ3) is 9.19. The SMILES string of the molecule is Cc1ccc(-c2cnc(N)c(C(=O)Nc3ccc4c(c3)CNS4(=O)=O)n2)cc1.Cc1ccc(-c2cnc(N)c(C(=O)O)n2)cc1.Nc1ccc2c(c1)CNS2(=O)=O. The number of anilines is 4. The van der Waals surface area contributed by atoms with E-state index in [0.29, 0.717) is 39.8 Å². The summed E-state index contributed by atoms with van der Waals surface area (Å²) in [6.45, 7) is 4.49. The zero-order valence-corrected chi connectivity index (χ0v) is 32.0. The van der Waals surface area contributed by atoms with E-state index in [1.807, 2.05) is 62.4 Å². The van der Waals surface area contributed by atoms with Crippen LogP contribution in [-0.2, 0) is 33.1 Å². The number of rotatable bonds is 5. The zero-order chi connectivity index (χ0) is 41.1. The van der Waals surface area contributed by atoms with Crippen LogP contribution in [0.3, 0.4) is 0 Å². The molecule has 10 N–H and O–H groups in total. The van der Waals surface area contributed by atoms with Gasteiger partial charge in [0, 0.05) is 35.6 Å². The number of nitrogens with two attached hydrogens (primary N) is 3. The minimum absolute atomic E-state index is 0.00400. The van der Waals surface area contributed by atoms with Crippen molar-refractivity contribution in [3.8, 4) is 22.5 Å². The predicted molar refractivity (Wildman–Crippen MR) is 213 cm³/mol. The average molecular weight is 809 g/mol. The quantitative estimate of drug-likeness (QED) is 0.122. The van der Waals surface area contributed by atoms with E-state index in [2.05, 4.69) is 34.7 Å². The lowest BCUT2D eigenvalue weighted by Gasteiger charge is -2.09. The standard InChI is InChI=1S/C19H17N5O3S.C12H11N3O2.C7H8N2O2S/c1-11-2-4-12(5-3-11)15-10-21-18(20)17(24-15)19(25)23-14-6-7-16-13(8-14)9-22-28(16,26)27;1-7-2-4-8(5-3-7)9-6-14-11(13)10(15-9)12(16)17;8-6-1-2-7-5(3-6)4-9-12(7,10)11/h2-8,10,22H,9H2,1H3,(H2,20,21)(H,23,25);2-6H,1H3,(H2,13,14)(H,16,17);1-3,9H,4,8H2. The first-order valence-corrected chi connectivity index (χ1v) is 19.9. The third-order valence-corrected chi connectivity index (χ3v) is 11.6. The summed E-state index contributed by atoms with van der Waals surface area (Å²) in [7, 11) is -6.68. The summed E-state index contributed by atoms with van der Waals surface area (Å²) >= 11 is 0. The van der Waals surface area contributed by atoms with Crippen molar-refractivity contribution in [2.75, 3.05) is 22.5 Å². The van der Waals surface area contributed by atoms with Crippen molar-refractivity contribution >= 4 is 54.9 Å². The lowest BCUT2D eigenvalue weighted by Crippen LogP contribution is -2.17. The van der Waals surface area contributed by atoms with Gasteiger partial charge in [-0.3, -0.25) is 4.79 Å². The largest absolute Gasteiger partial charge is 0.476 e. The number of aryl methyl sites for hydroxylation is 2. The van der Waals surface area contributed by atoms with Crippen molar-refractivity contribution < 1.29 is 31.5 Å². The molecule has 0 aliphatic carbocycles. The molecule has 17 nitrogen and oxygen atoms in total. The van der Waals surface area contributed by atoms with Crippen LogP contribution < -0.4 is 32.0 Å². The fourth-order valence-corrected chi connectivity index (χ4v) is 8.05. The molecule has 57 heavy (non-hydrogen) atoms. The molecule has 1 amide bonds. The van der Waals surface area contributed by atoms with E-state index in [-0.39, 0.29) is 34.5 Å². The number of amides is 1. The van der Waals surface area contributed by atoms with Crippen molar-refractivity contribution in [1.29, 1.82) is 0 Å². The smallest absolute Gasteiger partial charge is 0.358 e. The van der Waals surface area contributed by atoms with E-state index in [1.54, 1.807) is 18.2 Å². The van der Waals surface area contributed by atoms with Gasteiger partial charge in [-0.25, -0.2) is 51.0 Å². The summed E-state index contributed by atoms with van der Waals surface area (Å²) in [5.74, 6) is -1.76. The van der Waals surface area contributed by atoms with Gasteiger partial charge in [-0.15, -0.1) is 0 Å². The van der Waals surface area contributed by atoms with E-state index in [4.69, 9.17) is 22.3 Å². The number of fused-ring (bicyclic) bond motifs is 2. The van der Waals surface area contributed by atoms with Crippen molar-refractivity contribution in [2.45, 2.75) is 36.7 Å². The lowest BCUT2D eigenvalue weighted by molar-refractivity contribution is 0.0691. The number of carboxylic acids is 1. The lowest BCUT2D eigenvalue weighted by atomic mass is 10.1. The molecule has 0 fully saturated rings. The fourth-order valence-electron chi connectivity index (χ4n) is 5.60. The first-order valence-electron chi connectivity index (χ1n) is 16.9. The Kier molecular flexibility index (Phi) is 11.3. The molecular weight excluding hydrogens is 773 g/mol. The van der Waals surface area contributed by atoms with Gasteiger partial charge in [-0.05, 0) is 61.4 Å². The van der Waals surface area contributed by atoms with Crippen LogP contribution in [0, 0.1) is 13.8 Å². The van der Waals surface area contributed by atoms with Crippen LogP contribution in [0.2, 0.25) is 0 Å². The highest BCUT2D eigenvalue weighted by Crippen LogP contribution is 2.27. The number of carboxylic acid groups (broad SMARTS) is 1. The van der Waals surface area contributed by atoms with Crippen molar-refractivity contribution in [3.05, 3.63) is 131 Å².